The lowest BCUT2D eigenvalue weighted by molar-refractivity contribution is 0.582. The molecule has 2 aromatic rings. The average molecular weight is 311 g/mol. The number of rotatable bonds is 0. The normalized spacial score (nSPS) is 11.7. The van der Waals surface area contributed by atoms with E-state index in [1.54, 1.807) is 0 Å². The Morgan fingerprint density at radius 3 is 1.26 bits per heavy atom. The van der Waals surface area contributed by atoms with Crippen LogP contribution in [0.2, 0.25) is 0 Å². The second kappa shape index (κ2) is 7.34. The van der Waals surface area contributed by atoms with Gasteiger partial charge in [0.25, 0.3) is 0 Å². The minimum absolute atomic E-state index is 0.273. The van der Waals surface area contributed by atoms with Crippen LogP contribution in [0.15, 0.2) is 42.5 Å². The van der Waals surface area contributed by atoms with E-state index in [0.29, 0.717) is 0 Å². The number of aryl methyl sites for hydroxylation is 3. The zero-order valence-corrected chi connectivity index (χ0v) is 16.5. The van der Waals surface area contributed by atoms with Crippen molar-refractivity contribution >= 4 is 0 Å². The maximum Gasteiger partial charge on any atom is -0.0127 e. The minimum atomic E-state index is 0.273. The third-order valence-corrected chi connectivity index (χ3v) is 4.18. The summed E-state index contributed by atoms with van der Waals surface area (Å²) in [5.41, 5.74) is 7.69. The highest BCUT2D eigenvalue weighted by atomic mass is 14.2. The summed E-state index contributed by atoms with van der Waals surface area (Å²) in [6.45, 7) is 20.1. The molecular weight excluding hydrogens is 276 g/mol. The van der Waals surface area contributed by atoms with Crippen LogP contribution in [0.25, 0.3) is 0 Å². The second-order valence-electron chi connectivity index (χ2n) is 8.58. The van der Waals surface area contributed by atoms with Crippen LogP contribution < -0.4 is 0 Å². The maximum atomic E-state index is 2.27. The van der Waals surface area contributed by atoms with Gasteiger partial charge in [-0.1, -0.05) is 84.0 Å². The number of hydrogen-bond acceptors (Lipinski definition) is 0. The van der Waals surface area contributed by atoms with E-state index < -0.39 is 0 Å². The van der Waals surface area contributed by atoms with E-state index in [9.17, 15) is 0 Å². The maximum absolute atomic E-state index is 2.27. The van der Waals surface area contributed by atoms with Gasteiger partial charge in [-0.3, -0.25) is 0 Å². The first-order valence-corrected chi connectivity index (χ1v) is 8.57. The van der Waals surface area contributed by atoms with Crippen LogP contribution in [0, 0.1) is 20.8 Å². The first kappa shape index (κ1) is 19.5. The molecule has 0 heteroatoms. The summed E-state index contributed by atoms with van der Waals surface area (Å²) in [4.78, 5) is 0. The van der Waals surface area contributed by atoms with Gasteiger partial charge in [0.05, 0.1) is 0 Å². The van der Waals surface area contributed by atoms with Crippen LogP contribution in [0.3, 0.4) is 0 Å². The average Bonchev–Trinajstić information content (AvgIpc) is 2.36. The van der Waals surface area contributed by atoms with Crippen LogP contribution in [-0.2, 0) is 10.8 Å². The molecule has 0 aliphatic heterocycles. The summed E-state index contributed by atoms with van der Waals surface area (Å²) < 4.78 is 0. The molecule has 0 unspecified atom stereocenters. The molecule has 0 N–H and O–H groups in total. The molecule has 126 valence electrons. The van der Waals surface area contributed by atoms with Gasteiger partial charge in [0, 0.05) is 0 Å². The van der Waals surface area contributed by atoms with Crippen LogP contribution in [0.5, 0.6) is 0 Å². The molecule has 0 saturated carbocycles. The molecule has 0 radical (unpaired) electrons. The molecule has 0 aliphatic rings. The molecule has 0 aliphatic carbocycles. The smallest absolute Gasteiger partial charge is 0.0127 e. The predicted molar refractivity (Wildman–Crippen MR) is 104 cm³/mol. The molecular formula is C23H34. The van der Waals surface area contributed by atoms with E-state index in [2.05, 4.69) is 105 Å². The fraction of sp³-hybridized carbons (Fsp3) is 0.478. The molecule has 0 saturated heterocycles. The van der Waals surface area contributed by atoms with Gasteiger partial charge in [0.2, 0.25) is 0 Å². The zero-order chi connectivity index (χ0) is 17.8. The molecule has 0 nitrogen and oxygen atoms in total. The molecule has 2 aromatic carbocycles. The summed E-state index contributed by atoms with van der Waals surface area (Å²) in [6.07, 6.45) is 0. The van der Waals surface area contributed by atoms with Gasteiger partial charge in [0.1, 0.15) is 0 Å². The van der Waals surface area contributed by atoms with Crippen LogP contribution in [0.4, 0.5) is 0 Å². The third kappa shape index (κ3) is 5.53. The van der Waals surface area contributed by atoms with Crippen molar-refractivity contribution in [3.8, 4) is 0 Å². The van der Waals surface area contributed by atoms with Crippen molar-refractivity contribution in [2.45, 2.75) is 73.1 Å². The molecule has 0 aromatic heterocycles. The zero-order valence-electron chi connectivity index (χ0n) is 16.5. The van der Waals surface area contributed by atoms with E-state index in [1.165, 1.54) is 27.8 Å². The van der Waals surface area contributed by atoms with Gasteiger partial charge in [-0.05, 0) is 59.4 Å². The molecule has 0 bridgehead atoms. The van der Waals surface area contributed by atoms with Crippen LogP contribution in [-0.4, -0.2) is 0 Å². The Morgan fingerprint density at radius 1 is 0.522 bits per heavy atom. The monoisotopic (exact) mass is 310 g/mol. The molecule has 0 fully saturated rings. The van der Waals surface area contributed by atoms with Gasteiger partial charge in [0.15, 0.2) is 0 Å². The summed E-state index contributed by atoms with van der Waals surface area (Å²) in [7, 11) is 0. The van der Waals surface area contributed by atoms with Crippen LogP contribution >= 0.6 is 0 Å². The molecule has 0 atom stereocenters. The van der Waals surface area contributed by atoms with Gasteiger partial charge in [-0.25, -0.2) is 0 Å². The van der Waals surface area contributed by atoms with Crippen molar-refractivity contribution in [1.82, 2.24) is 0 Å². The summed E-state index contributed by atoms with van der Waals surface area (Å²) in [5.74, 6) is 0. The Kier molecular flexibility index (Phi) is 6.22. The summed E-state index contributed by atoms with van der Waals surface area (Å²) in [6, 6.07) is 15.1. The van der Waals surface area contributed by atoms with E-state index in [-0.39, 0.29) is 10.8 Å². The van der Waals surface area contributed by atoms with Crippen LogP contribution in [0.1, 0.15) is 69.4 Å². The Morgan fingerprint density at radius 2 is 0.957 bits per heavy atom. The Hall–Kier alpha value is -1.56. The summed E-state index contributed by atoms with van der Waals surface area (Å²) in [5, 5.41) is 0. The number of benzene rings is 2. The van der Waals surface area contributed by atoms with Gasteiger partial charge >= 0.3 is 0 Å². The van der Waals surface area contributed by atoms with Crippen molar-refractivity contribution < 1.29 is 0 Å². The largest absolute Gasteiger partial charge is 0.0620 e. The first-order valence-electron chi connectivity index (χ1n) is 8.57. The quantitative estimate of drug-likeness (QED) is 0.497. The standard InChI is InChI=1S/C12H18.C11H16/c1-9-7-6-8-10(2)11(9)12(3,4)5;1-9-7-5-6-8-10(9)11(2,3)4/h6-8H,1-5H3;5-8H,1-4H3. The fourth-order valence-electron chi connectivity index (χ4n) is 3.41. The van der Waals surface area contributed by atoms with Gasteiger partial charge in [-0.2, -0.15) is 0 Å². The SMILES string of the molecule is Cc1cccc(C)c1C(C)(C)C.Cc1ccccc1C(C)(C)C. The van der Waals surface area contributed by atoms with E-state index in [0.717, 1.165) is 0 Å². The second-order valence-corrected chi connectivity index (χ2v) is 8.58. The highest BCUT2D eigenvalue weighted by molar-refractivity contribution is 5.38. The van der Waals surface area contributed by atoms with E-state index >= 15 is 0 Å². The highest BCUT2D eigenvalue weighted by Crippen LogP contribution is 2.28. The number of hydrogen-bond donors (Lipinski definition) is 0. The lowest BCUT2D eigenvalue weighted by atomic mass is 9.81. The molecule has 0 heterocycles. The molecule has 2 rings (SSSR count). The minimum Gasteiger partial charge on any atom is -0.0620 e. The van der Waals surface area contributed by atoms with Crippen molar-refractivity contribution in [1.29, 1.82) is 0 Å². The van der Waals surface area contributed by atoms with Gasteiger partial charge < -0.3 is 0 Å². The Balaban J connectivity index is 0.000000231. The molecule has 0 amide bonds. The van der Waals surface area contributed by atoms with E-state index in [4.69, 9.17) is 0 Å². The molecule has 23 heavy (non-hydrogen) atoms. The Bertz CT molecular complexity index is 614. The third-order valence-electron chi connectivity index (χ3n) is 4.18. The predicted octanol–water partition coefficient (Wildman–Crippen LogP) is 6.89. The fourth-order valence-corrected chi connectivity index (χ4v) is 3.41. The highest BCUT2D eigenvalue weighted by Gasteiger charge is 2.17. The Labute approximate surface area is 144 Å². The van der Waals surface area contributed by atoms with Crippen molar-refractivity contribution in [2.24, 2.45) is 0 Å². The van der Waals surface area contributed by atoms with Crippen molar-refractivity contribution in [3.63, 3.8) is 0 Å². The van der Waals surface area contributed by atoms with Crippen molar-refractivity contribution in [2.75, 3.05) is 0 Å². The summed E-state index contributed by atoms with van der Waals surface area (Å²) >= 11 is 0. The van der Waals surface area contributed by atoms with Gasteiger partial charge in [-0.15, -0.1) is 0 Å². The lowest BCUT2D eigenvalue weighted by Crippen LogP contribution is -2.14. The first-order chi connectivity index (χ1) is 10.4. The topological polar surface area (TPSA) is 0 Å². The molecule has 0 spiro atoms. The van der Waals surface area contributed by atoms with E-state index in [1.807, 2.05) is 0 Å². The van der Waals surface area contributed by atoms with Crippen molar-refractivity contribution in [3.05, 3.63) is 70.3 Å². The lowest BCUT2D eigenvalue weighted by Gasteiger charge is -2.23.